The van der Waals surface area contributed by atoms with E-state index in [4.69, 9.17) is 25.7 Å². The van der Waals surface area contributed by atoms with Gasteiger partial charge in [-0.1, -0.05) is 36.8 Å². The van der Waals surface area contributed by atoms with E-state index in [2.05, 4.69) is 5.32 Å². The topological polar surface area (TPSA) is 129 Å². The number of nitrogens with one attached hydrogen (secondary N) is 1. The Kier molecular flexibility index (Phi) is 14.4. The number of hydrogen-bond donors (Lipinski definition) is 4. The standard InChI is InChI=1S/C20H35N3O5/c21-9-5-4-8-19(22)20(25)23-10-11-26-12-13-27-15-18(24)16-28-14-17-6-2-1-3-7-17/h1-3,6-7,18-19,24H,4-5,8-16,21-22H2,(H,23,25)/t18-,19-/m0/s1. The summed E-state index contributed by atoms with van der Waals surface area (Å²) in [6.07, 6.45) is 1.68. The smallest absolute Gasteiger partial charge is 0.236 e. The SMILES string of the molecule is NCCCC[C@H](N)C(=O)NCCOCCOC[C@H](O)COCc1ccccc1. The molecule has 0 unspecified atom stereocenters. The van der Waals surface area contributed by atoms with Crippen LogP contribution in [-0.4, -0.2) is 69.3 Å². The van der Waals surface area contributed by atoms with Crippen LogP contribution in [0.5, 0.6) is 0 Å². The molecule has 0 fully saturated rings. The highest BCUT2D eigenvalue weighted by atomic mass is 16.5. The van der Waals surface area contributed by atoms with Crippen molar-refractivity contribution in [2.24, 2.45) is 11.5 Å². The van der Waals surface area contributed by atoms with Gasteiger partial charge >= 0.3 is 0 Å². The highest BCUT2D eigenvalue weighted by Gasteiger charge is 2.11. The molecule has 6 N–H and O–H groups in total. The predicted octanol–water partition coefficient (Wildman–Crippen LogP) is 0.170. The molecule has 8 nitrogen and oxygen atoms in total. The molecule has 28 heavy (non-hydrogen) atoms. The lowest BCUT2D eigenvalue weighted by molar-refractivity contribution is -0.122. The van der Waals surface area contributed by atoms with Crippen LogP contribution in [0.1, 0.15) is 24.8 Å². The third kappa shape index (κ3) is 12.8. The molecule has 1 rings (SSSR count). The molecule has 1 amide bonds. The summed E-state index contributed by atoms with van der Waals surface area (Å²) in [6, 6.07) is 9.28. The molecule has 2 atom stereocenters. The van der Waals surface area contributed by atoms with Gasteiger partial charge in [0.15, 0.2) is 0 Å². The fourth-order valence-electron chi connectivity index (χ4n) is 2.39. The molecule has 1 aromatic rings. The number of carbonyl (C=O) groups is 1. The Bertz CT molecular complexity index is 504. The van der Waals surface area contributed by atoms with Gasteiger partial charge in [0.05, 0.1) is 45.7 Å². The van der Waals surface area contributed by atoms with Crippen LogP contribution in [0.4, 0.5) is 0 Å². The molecule has 0 aliphatic rings. The van der Waals surface area contributed by atoms with Gasteiger partial charge in [-0.15, -0.1) is 0 Å². The summed E-state index contributed by atoms with van der Waals surface area (Å²) in [5, 5.41) is 12.5. The number of ether oxygens (including phenoxy) is 3. The number of nitrogens with two attached hydrogens (primary N) is 2. The minimum Gasteiger partial charge on any atom is -0.388 e. The van der Waals surface area contributed by atoms with Gasteiger partial charge in [0.25, 0.3) is 0 Å². The second kappa shape index (κ2) is 16.4. The van der Waals surface area contributed by atoms with Gasteiger partial charge < -0.3 is 36.1 Å². The van der Waals surface area contributed by atoms with Gasteiger partial charge in [-0.2, -0.15) is 0 Å². The van der Waals surface area contributed by atoms with E-state index >= 15 is 0 Å². The number of amides is 1. The maximum atomic E-state index is 11.7. The number of aliphatic hydroxyl groups is 1. The van der Waals surface area contributed by atoms with Crippen molar-refractivity contribution in [1.82, 2.24) is 5.32 Å². The molecule has 0 saturated heterocycles. The molecular weight excluding hydrogens is 362 g/mol. The number of hydrogen-bond acceptors (Lipinski definition) is 7. The Balaban J connectivity index is 1.89. The summed E-state index contributed by atoms with van der Waals surface area (Å²) in [6.45, 7) is 3.01. The van der Waals surface area contributed by atoms with Gasteiger partial charge in [0, 0.05) is 6.54 Å². The number of carbonyl (C=O) groups excluding carboxylic acids is 1. The van der Waals surface area contributed by atoms with E-state index in [1.54, 1.807) is 0 Å². The van der Waals surface area contributed by atoms with Crippen LogP contribution in [0.3, 0.4) is 0 Å². The number of aliphatic hydroxyl groups excluding tert-OH is 1. The zero-order valence-electron chi connectivity index (χ0n) is 16.6. The Morgan fingerprint density at radius 1 is 1.04 bits per heavy atom. The molecule has 0 aliphatic carbocycles. The lowest BCUT2D eigenvalue weighted by Crippen LogP contribution is -2.41. The first kappa shape index (κ1) is 24.5. The van der Waals surface area contributed by atoms with E-state index in [9.17, 15) is 9.90 Å². The largest absolute Gasteiger partial charge is 0.388 e. The Labute approximate surface area is 167 Å². The first-order chi connectivity index (χ1) is 13.6. The van der Waals surface area contributed by atoms with E-state index < -0.39 is 12.1 Å². The fraction of sp³-hybridized carbons (Fsp3) is 0.650. The van der Waals surface area contributed by atoms with Crippen molar-refractivity contribution in [3.8, 4) is 0 Å². The van der Waals surface area contributed by atoms with Crippen LogP contribution >= 0.6 is 0 Å². The maximum absolute atomic E-state index is 11.7. The van der Waals surface area contributed by atoms with Gasteiger partial charge in [0.2, 0.25) is 5.91 Å². The Morgan fingerprint density at radius 3 is 2.50 bits per heavy atom. The minimum absolute atomic E-state index is 0.171. The van der Waals surface area contributed by atoms with Gasteiger partial charge in [0.1, 0.15) is 6.10 Å². The minimum atomic E-state index is -0.677. The summed E-state index contributed by atoms with van der Waals surface area (Å²) in [5.41, 5.74) is 12.3. The zero-order valence-corrected chi connectivity index (χ0v) is 16.6. The highest BCUT2D eigenvalue weighted by molar-refractivity contribution is 5.81. The van der Waals surface area contributed by atoms with Crippen LogP contribution < -0.4 is 16.8 Å². The molecule has 0 radical (unpaired) electrons. The molecule has 0 spiro atoms. The summed E-state index contributed by atoms with van der Waals surface area (Å²) >= 11 is 0. The number of rotatable bonds is 17. The number of unbranched alkanes of at least 4 members (excludes halogenated alkanes) is 1. The Morgan fingerprint density at radius 2 is 1.75 bits per heavy atom. The average molecular weight is 398 g/mol. The highest BCUT2D eigenvalue weighted by Crippen LogP contribution is 2.01. The molecule has 0 heterocycles. The van der Waals surface area contributed by atoms with Gasteiger partial charge in [-0.25, -0.2) is 0 Å². The van der Waals surface area contributed by atoms with E-state index in [1.807, 2.05) is 30.3 Å². The quantitative estimate of drug-likeness (QED) is 0.276. The second-order valence-electron chi connectivity index (χ2n) is 6.52. The van der Waals surface area contributed by atoms with Crippen molar-refractivity contribution in [2.45, 2.75) is 38.0 Å². The Hall–Kier alpha value is -1.55. The van der Waals surface area contributed by atoms with Gasteiger partial charge in [-0.05, 0) is 24.9 Å². The summed E-state index contributed by atoms with van der Waals surface area (Å²) < 4.78 is 16.2. The van der Waals surface area contributed by atoms with E-state index in [0.29, 0.717) is 45.9 Å². The molecular formula is C20H35N3O5. The van der Waals surface area contributed by atoms with Crippen molar-refractivity contribution in [1.29, 1.82) is 0 Å². The van der Waals surface area contributed by atoms with Gasteiger partial charge in [-0.3, -0.25) is 4.79 Å². The maximum Gasteiger partial charge on any atom is 0.236 e. The summed E-state index contributed by atoms with van der Waals surface area (Å²) in [4.78, 5) is 11.7. The third-order valence-electron chi connectivity index (χ3n) is 3.96. The second-order valence-corrected chi connectivity index (χ2v) is 6.52. The van der Waals surface area contributed by atoms with Crippen molar-refractivity contribution in [3.05, 3.63) is 35.9 Å². The van der Waals surface area contributed by atoms with Crippen molar-refractivity contribution < 1.29 is 24.1 Å². The molecule has 8 heteroatoms. The van der Waals surface area contributed by atoms with Crippen LogP contribution in [0, 0.1) is 0 Å². The van der Waals surface area contributed by atoms with Crippen molar-refractivity contribution in [3.63, 3.8) is 0 Å². The molecule has 0 saturated carbocycles. The van der Waals surface area contributed by atoms with Crippen LogP contribution in [-0.2, 0) is 25.6 Å². The van der Waals surface area contributed by atoms with E-state index in [1.165, 1.54) is 0 Å². The summed E-state index contributed by atoms with van der Waals surface area (Å²) in [7, 11) is 0. The normalized spacial score (nSPS) is 13.2. The molecule has 0 aromatic heterocycles. The zero-order chi connectivity index (χ0) is 20.5. The third-order valence-corrected chi connectivity index (χ3v) is 3.96. The van der Waals surface area contributed by atoms with E-state index in [-0.39, 0.29) is 19.1 Å². The lowest BCUT2D eigenvalue weighted by Gasteiger charge is -2.13. The van der Waals surface area contributed by atoms with E-state index in [0.717, 1.165) is 18.4 Å². The van der Waals surface area contributed by atoms with Crippen molar-refractivity contribution in [2.75, 3.05) is 46.1 Å². The fourth-order valence-corrected chi connectivity index (χ4v) is 2.39. The van der Waals surface area contributed by atoms with Crippen LogP contribution in [0.15, 0.2) is 30.3 Å². The average Bonchev–Trinajstić information content (AvgIpc) is 2.70. The van der Waals surface area contributed by atoms with Crippen LogP contribution in [0.25, 0.3) is 0 Å². The summed E-state index contributed by atoms with van der Waals surface area (Å²) in [5.74, 6) is -0.171. The molecule has 160 valence electrons. The molecule has 1 aromatic carbocycles. The van der Waals surface area contributed by atoms with Crippen LogP contribution in [0.2, 0.25) is 0 Å². The molecule has 0 bridgehead atoms. The monoisotopic (exact) mass is 397 g/mol. The first-order valence-electron chi connectivity index (χ1n) is 9.82. The molecule has 0 aliphatic heterocycles. The lowest BCUT2D eigenvalue weighted by atomic mass is 10.1. The predicted molar refractivity (Wildman–Crippen MR) is 108 cm³/mol. The first-order valence-corrected chi connectivity index (χ1v) is 9.82. The van der Waals surface area contributed by atoms with Crippen molar-refractivity contribution >= 4 is 5.91 Å². The number of benzene rings is 1.